The number of aromatic nitrogens is 4. The Labute approximate surface area is 416 Å². The maximum Gasteiger partial charge on any atom is 0.200 e. The SMILES string of the molecule is Cl.FC1=C(F)c2nc1c(F)c1c(F)c(F)c(c(F)c3nc(c(-c4c(F)c(F)c(F)c(F)c4F)c4c(-c5c(F)c(F)c(F)c(F)c5F)c(-c5c(F)c(F)c(F)c(F)c5F)c(c2F)n4-c2c(F)c(F)c(F)c(F)c2F)C(F)=C3F)n1F. The van der Waals surface area contributed by atoms with E-state index in [2.05, 4.69) is 9.97 Å². The van der Waals surface area contributed by atoms with Crippen molar-refractivity contribution < 1.29 is 132 Å². The van der Waals surface area contributed by atoms with Crippen LogP contribution in [0.3, 0.4) is 0 Å². The van der Waals surface area contributed by atoms with Crippen LogP contribution in [-0.4, -0.2) is 19.3 Å². The zero-order chi connectivity index (χ0) is 58.0. The molecule has 0 saturated heterocycles. The summed E-state index contributed by atoms with van der Waals surface area (Å²) in [4.78, 5) is 2.94. The molecule has 0 atom stereocenters. The Bertz CT molecular complexity index is 4160. The van der Waals surface area contributed by atoms with Gasteiger partial charge >= 0.3 is 0 Å². The molecule has 2 aliphatic rings. The number of hydrogen-bond acceptors (Lipinski definition) is 2. The molecule has 5 heterocycles. The molecule has 79 heavy (non-hydrogen) atoms. The van der Waals surface area contributed by atoms with E-state index in [4.69, 9.17) is 0 Å². The second kappa shape index (κ2) is 18.9. The van der Waals surface area contributed by atoms with Crippen LogP contribution in [0.1, 0.15) is 22.8 Å². The summed E-state index contributed by atoms with van der Waals surface area (Å²) in [5, 5.41) is 0. The first-order valence-corrected chi connectivity index (χ1v) is 19.4. The lowest BCUT2D eigenvalue weighted by Crippen LogP contribution is -2.12. The standard InChI is InChI=1S/C44F30N4.ClH/c45-7-3(8(46)14(52)19(57)13(7)51)1-2(4-9(47)15(53)20(58)16(54)10(4)48)41-33(71)37-27(65)28(66)39(76-37)35(73)44-32(70)31(69)43(78(44)74)34(72)38-26(64)25(63)36(75-38)6(5-11(49)17(55)21(59)18(56)12(5)50)40(1)77(41)42-29(67)23(61)22(60)24(62)30(42)68;/h;1H. The topological polar surface area (TPSA) is 35.6 Å². The summed E-state index contributed by atoms with van der Waals surface area (Å²) in [6.45, 7) is 0. The molecule has 0 unspecified atom stereocenters. The van der Waals surface area contributed by atoms with E-state index in [-0.39, 0.29) is 12.4 Å². The van der Waals surface area contributed by atoms with Crippen LogP contribution in [0.2, 0.25) is 0 Å². The molecule has 2 aliphatic heterocycles. The van der Waals surface area contributed by atoms with Crippen molar-refractivity contribution in [1.29, 1.82) is 0 Å². The van der Waals surface area contributed by atoms with Crippen LogP contribution in [0.25, 0.3) is 84.4 Å². The fraction of sp³-hybridized carbons (Fsp3) is 0. The lowest BCUT2D eigenvalue weighted by Gasteiger charge is -2.17. The lowest BCUT2D eigenvalue weighted by molar-refractivity contribution is 0.376. The molecule has 3 aromatic heterocycles. The molecule has 0 amide bonds. The van der Waals surface area contributed by atoms with Gasteiger partial charge in [0.15, 0.2) is 157 Å². The van der Waals surface area contributed by atoms with Crippen molar-refractivity contribution in [3.05, 3.63) is 168 Å². The highest BCUT2D eigenvalue weighted by Crippen LogP contribution is 2.55. The smallest absolute Gasteiger partial charge is 0.200 e. The molecule has 0 saturated carbocycles. The third-order valence-electron chi connectivity index (χ3n) is 11.3. The molecule has 9 rings (SSSR count). The number of halogens is 31. The molecule has 414 valence electrons. The largest absolute Gasteiger partial charge is 0.300 e. The normalized spacial score (nSPS) is 12.7. The second-order valence-electron chi connectivity index (χ2n) is 15.3. The van der Waals surface area contributed by atoms with Gasteiger partial charge in [0.25, 0.3) is 0 Å². The first kappa shape index (κ1) is 56.9. The molecule has 0 N–H and O–H groups in total. The predicted octanol–water partition coefficient (Wildman–Crippen LogP) is 16.4. The van der Waals surface area contributed by atoms with Crippen LogP contribution in [0.5, 0.6) is 0 Å². The third kappa shape index (κ3) is 7.40. The average molecular weight is 1190 g/mol. The van der Waals surface area contributed by atoms with Gasteiger partial charge in [0.05, 0.1) is 27.7 Å². The maximum atomic E-state index is 18.0. The fourth-order valence-electron chi connectivity index (χ4n) is 7.97. The summed E-state index contributed by atoms with van der Waals surface area (Å²) in [6, 6.07) is 0. The van der Waals surface area contributed by atoms with E-state index in [1.807, 2.05) is 0 Å². The van der Waals surface area contributed by atoms with Crippen molar-refractivity contribution in [2.24, 2.45) is 0 Å². The first-order valence-electron chi connectivity index (χ1n) is 19.4. The van der Waals surface area contributed by atoms with Crippen LogP contribution >= 0.6 is 12.4 Å². The van der Waals surface area contributed by atoms with Gasteiger partial charge in [-0.05, 0) is 0 Å². The van der Waals surface area contributed by atoms with Gasteiger partial charge in [0.1, 0.15) is 28.5 Å². The van der Waals surface area contributed by atoms with Crippen molar-refractivity contribution in [2.45, 2.75) is 0 Å². The third-order valence-corrected chi connectivity index (χ3v) is 11.3. The molecule has 0 radical (unpaired) electrons. The van der Waals surface area contributed by atoms with Gasteiger partial charge in [0.2, 0.25) is 23.3 Å². The summed E-state index contributed by atoms with van der Waals surface area (Å²) >= 11 is 0. The predicted molar refractivity (Wildman–Crippen MR) is 207 cm³/mol. The van der Waals surface area contributed by atoms with Gasteiger partial charge in [-0.3, -0.25) is 0 Å². The molecule has 7 aromatic rings. The Morgan fingerprint density at radius 3 is 0.747 bits per heavy atom. The van der Waals surface area contributed by atoms with Crippen LogP contribution < -0.4 is 0 Å². The average Bonchev–Trinajstić information content (AvgIpc) is 3.77. The molecule has 8 bridgehead atoms. The fourth-order valence-corrected chi connectivity index (χ4v) is 7.97. The maximum absolute atomic E-state index is 18.0. The van der Waals surface area contributed by atoms with E-state index in [0.29, 0.717) is 0 Å². The minimum Gasteiger partial charge on any atom is -0.300 e. The zero-order valence-electron chi connectivity index (χ0n) is 35.5. The van der Waals surface area contributed by atoms with Crippen LogP contribution in [-0.2, 0) is 0 Å². The van der Waals surface area contributed by atoms with Crippen molar-refractivity contribution in [3.63, 3.8) is 0 Å². The van der Waals surface area contributed by atoms with Crippen molar-refractivity contribution in [2.75, 3.05) is 0 Å². The van der Waals surface area contributed by atoms with E-state index >= 15 is 114 Å². The molecular weight excluding hydrogens is 1190 g/mol. The summed E-state index contributed by atoms with van der Waals surface area (Å²) < 4.78 is 475. The molecule has 4 aromatic carbocycles. The lowest BCUT2D eigenvalue weighted by atomic mass is 9.90. The number of benzene rings is 4. The highest BCUT2D eigenvalue weighted by Gasteiger charge is 2.44. The quantitative estimate of drug-likeness (QED) is 0.100. The Kier molecular flexibility index (Phi) is 13.6. The molecule has 0 aliphatic carbocycles. The van der Waals surface area contributed by atoms with E-state index in [0.717, 1.165) is 0 Å². The number of hydrogen-bond donors (Lipinski definition) is 0. The summed E-state index contributed by atoms with van der Waals surface area (Å²) in [5.74, 6) is -104. The van der Waals surface area contributed by atoms with E-state index < -0.39 is 262 Å². The van der Waals surface area contributed by atoms with Crippen LogP contribution in [0.15, 0.2) is 0 Å². The van der Waals surface area contributed by atoms with Crippen LogP contribution in [0.4, 0.5) is 132 Å². The van der Waals surface area contributed by atoms with E-state index in [1.165, 1.54) is 0 Å². The minimum atomic E-state index is -3.85. The molecule has 35 heteroatoms. The van der Waals surface area contributed by atoms with Crippen molar-refractivity contribution in [1.82, 2.24) is 19.3 Å². The summed E-state index contributed by atoms with van der Waals surface area (Å²) in [5.41, 5.74) is -50.0. The van der Waals surface area contributed by atoms with Gasteiger partial charge in [-0.2, -0.15) is 4.79 Å². The number of nitrogens with zero attached hydrogens (tertiary/aromatic N) is 4. The molecule has 0 fully saturated rings. The minimum absolute atomic E-state index is 0. The van der Waals surface area contributed by atoms with Gasteiger partial charge in [0, 0.05) is 16.7 Å². The molecule has 0 spiro atoms. The van der Waals surface area contributed by atoms with Gasteiger partial charge < -0.3 is 4.57 Å². The number of fused-ring (bicyclic) bond motifs is 8. The van der Waals surface area contributed by atoms with Gasteiger partial charge in [-0.15, -0.1) is 12.4 Å². The monoisotopic (exact) mass is 1190 g/mol. The Balaban J connectivity index is 0.00000822. The molecular formula is C44HClF30N4. The Morgan fingerprint density at radius 2 is 0.430 bits per heavy atom. The van der Waals surface area contributed by atoms with Gasteiger partial charge in [-0.1, -0.05) is 4.48 Å². The van der Waals surface area contributed by atoms with Gasteiger partial charge in [-0.25, -0.2) is 137 Å². The first-order chi connectivity index (χ1) is 36.3. The highest BCUT2D eigenvalue weighted by atomic mass is 35.5. The zero-order valence-corrected chi connectivity index (χ0v) is 36.4. The van der Waals surface area contributed by atoms with Crippen molar-refractivity contribution in [3.8, 4) is 39.1 Å². The summed E-state index contributed by atoms with van der Waals surface area (Å²) in [7, 11) is 0. The Morgan fingerprint density at radius 1 is 0.203 bits per heavy atom. The van der Waals surface area contributed by atoms with Crippen molar-refractivity contribution >= 4 is 57.8 Å². The Hall–Kier alpha value is -8.33. The highest BCUT2D eigenvalue weighted by molar-refractivity contribution is 6.12. The second-order valence-corrected chi connectivity index (χ2v) is 15.3. The number of rotatable bonds is 4. The molecule has 4 nitrogen and oxygen atoms in total. The van der Waals surface area contributed by atoms with E-state index in [9.17, 15) is 17.6 Å². The summed E-state index contributed by atoms with van der Waals surface area (Å²) in [6.07, 6.45) is 0. The van der Waals surface area contributed by atoms with E-state index in [1.54, 1.807) is 0 Å². The van der Waals surface area contributed by atoms with Crippen LogP contribution in [0, 0.1) is 145 Å².